The van der Waals surface area contributed by atoms with Crippen LogP contribution in [0.25, 0.3) is 0 Å². The average Bonchev–Trinajstić information content (AvgIpc) is 2.31. The van der Waals surface area contributed by atoms with Crippen LogP contribution in [0.3, 0.4) is 0 Å². The summed E-state index contributed by atoms with van der Waals surface area (Å²) in [5, 5.41) is 11.4. The Morgan fingerprint density at radius 1 is 1.04 bits per heavy atom. The number of ether oxygens (including phenoxy) is 2. The zero-order chi connectivity index (χ0) is 22.6. The van der Waals surface area contributed by atoms with Crippen molar-refractivity contribution in [2.45, 2.75) is 104 Å². The van der Waals surface area contributed by atoms with Crippen LogP contribution in [0.5, 0.6) is 0 Å². The standard InChI is InChI=1S/C10H17NO3.C10H21NO3/c1-9(2,3)14-8(13)11-7(12)6-10(11,4)5;1-9(2,3)14-8(13)11-10(4,5)6-7-12/h6H2,1-5H3;12H,6-7H2,1-5H3,(H,11,13). The first-order valence-corrected chi connectivity index (χ1v) is 9.48. The van der Waals surface area contributed by atoms with Gasteiger partial charge in [-0.1, -0.05) is 0 Å². The van der Waals surface area contributed by atoms with Crippen LogP contribution in [0, 0.1) is 0 Å². The highest BCUT2D eigenvalue weighted by molar-refractivity contribution is 5.98. The van der Waals surface area contributed by atoms with Crippen molar-refractivity contribution in [1.29, 1.82) is 0 Å². The first-order chi connectivity index (χ1) is 12.3. The van der Waals surface area contributed by atoms with E-state index < -0.39 is 28.9 Å². The summed E-state index contributed by atoms with van der Waals surface area (Å²) in [5.74, 6) is -0.163. The second-order valence-corrected chi connectivity index (χ2v) is 10.2. The number of carbonyl (C=O) groups excluding carboxylic acids is 3. The molecule has 0 aromatic carbocycles. The van der Waals surface area contributed by atoms with Gasteiger partial charge in [-0.2, -0.15) is 0 Å². The summed E-state index contributed by atoms with van der Waals surface area (Å²) in [6.07, 6.45) is -0.0759. The molecule has 28 heavy (non-hydrogen) atoms. The normalized spacial score (nSPS) is 16.4. The summed E-state index contributed by atoms with van der Waals surface area (Å²) in [5.41, 5.74) is -1.86. The molecular weight excluding hydrogens is 364 g/mol. The van der Waals surface area contributed by atoms with Gasteiger partial charge in [0, 0.05) is 12.1 Å². The fourth-order valence-electron chi connectivity index (χ4n) is 2.35. The maximum atomic E-state index is 11.5. The molecule has 0 aliphatic carbocycles. The third kappa shape index (κ3) is 9.92. The molecule has 0 spiro atoms. The summed E-state index contributed by atoms with van der Waals surface area (Å²) in [7, 11) is 0. The number of rotatable bonds is 3. The van der Waals surface area contributed by atoms with E-state index in [-0.39, 0.29) is 18.1 Å². The minimum atomic E-state index is -0.553. The van der Waals surface area contributed by atoms with E-state index in [9.17, 15) is 14.4 Å². The number of hydrogen-bond acceptors (Lipinski definition) is 6. The lowest BCUT2D eigenvalue weighted by molar-refractivity contribution is -0.150. The van der Waals surface area contributed by atoms with Crippen molar-refractivity contribution in [3.05, 3.63) is 0 Å². The number of carbonyl (C=O) groups is 3. The molecule has 1 aliphatic heterocycles. The second-order valence-electron chi connectivity index (χ2n) is 10.2. The monoisotopic (exact) mass is 402 g/mol. The molecule has 1 saturated heterocycles. The number of nitrogens with zero attached hydrogens (tertiary/aromatic N) is 1. The number of β-lactam (4-membered cyclic amide) rings is 1. The number of nitrogens with one attached hydrogen (secondary N) is 1. The zero-order valence-corrected chi connectivity index (χ0v) is 19.1. The number of hydrogen-bond donors (Lipinski definition) is 2. The maximum absolute atomic E-state index is 11.5. The van der Waals surface area contributed by atoms with E-state index in [1.807, 2.05) is 48.5 Å². The van der Waals surface area contributed by atoms with Crippen molar-refractivity contribution < 1.29 is 29.0 Å². The van der Waals surface area contributed by atoms with Gasteiger partial charge in [-0.3, -0.25) is 4.79 Å². The highest BCUT2D eigenvalue weighted by atomic mass is 16.6. The molecule has 0 aromatic heterocycles. The number of aliphatic hydroxyl groups is 1. The Morgan fingerprint density at radius 3 is 1.82 bits per heavy atom. The molecule has 2 N–H and O–H groups in total. The van der Waals surface area contributed by atoms with Crippen molar-refractivity contribution in [3.8, 4) is 0 Å². The maximum Gasteiger partial charge on any atom is 0.417 e. The van der Waals surface area contributed by atoms with Crippen LogP contribution in [0.1, 0.15) is 82.1 Å². The van der Waals surface area contributed by atoms with Crippen molar-refractivity contribution in [1.82, 2.24) is 10.2 Å². The number of likely N-dealkylation sites (tertiary alicyclic amines) is 1. The molecule has 3 amide bonds. The van der Waals surface area contributed by atoms with Gasteiger partial charge in [0.15, 0.2) is 0 Å². The average molecular weight is 403 g/mol. The van der Waals surface area contributed by atoms with Gasteiger partial charge in [-0.25, -0.2) is 14.5 Å². The predicted octanol–water partition coefficient (Wildman–Crippen LogP) is 3.60. The van der Waals surface area contributed by atoms with E-state index in [1.54, 1.807) is 20.8 Å². The molecule has 1 rings (SSSR count). The predicted molar refractivity (Wildman–Crippen MR) is 107 cm³/mol. The highest BCUT2D eigenvalue weighted by Crippen LogP contribution is 2.32. The van der Waals surface area contributed by atoms with E-state index in [4.69, 9.17) is 14.6 Å². The lowest BCUT2D eigenvalue weighted by atomic mass is 9.89. The highest BCUT2D eigenvalue weighted by Gasteiger charge is 2.49. The van der Waals surface area contributed by atoms with Crippen molar-refractivity contribution in [2.75, 3.05) is 6.61 Å². The van der Waals surface area contributed by atoms with Gasteiger partial charge < -0.3 is 19.9 Å². The first kappa shape index (κ1) is 26.2. The van der Waals surface area contributed by atoms with Crippen LogP contribution in [-0.2, 0) is 14.3 Å². The summed E-state index contributed by atoms with van der Waals surface area (Å²) >= 11 is 0. The quantitative estimate of drug-likeness (QED) is 0.699. The Kier molecular flexibility index (Phi) is 8.52. The van der Waals surface area contributed by atoms with Crippen molar-refractivity contribution in [2.24, 2.45) is 0 Å². The van der Waals surface area contributed by atoms with Crippen LogP contribution in [0.15, 0.2) is 0 Å². The third-order valence-corrected chi connectivity index (χ3v) is 3.59. The first-order valence-electron chi connectivity index (χ1n) is 9.48. The molecule has 1 heterocycles. The molecule has 0 unspecified atom stereocenters. The Morgan fingerprint density at radius 2 is 1.50 bits per heavy atom. The number of aliphatic hydroxyl groups excluding tert-OH is 1. The molecule has 0 bridgehead atoms. The van der Waals surface area contributed by atoms with Gasteiger partial charge in [-0.05, 0) is 75.7 Å². The molecule has 8 nitrogen and oxygen atoms in total. The SMILES string of the molecule is CC(C)(C)OC(=O)N1C(=O)CC1(C)C.CC(C)(CCO)NC(=O)OC(C)(C)C. The van der Waals surface area contributed by atoms with E-state index >= 15 is 0 Å². The second kappa shape index (κ2) is 9.11. The minimum Gasteiger partial charge on any atom is -0.444 e. The number of amides is 3. The van der Waals surface area contributed by atoms with Crippen LogP contribution >= 0.6 is 0 Å². The number of imide groups is 1. The molecule has 164 valence electrons. The van der Waals surface area contributed by atoms with Gasteiger partial charge in [-0.15, -0.1) is 0 Å². The summed E-state index contributed by atoms with van der Waals surface area (Å²) in [6, 6.07) is 0. The molecular formula is C20H38N2O6. The molecule has 0 atom stereocenters. The van der Waals surface area contributed by atoms with Gasteiger partial charge >= 0.3 is 12.2 Å². The van der Waals surface area contributed by atoms with Gasteiger partial charge in [0.1, 0.15) is 11.2 Å². The number of alkyl carbamates (subject to hydrolysis) is 1. The fourth-order valence-corrected chi connectivity index (χ4v) is 2.35. The van der Waals surface area contributed by atoms with Gasteiger partial charge in [0.2, 0.25) is 5.91 Å². The van der Waals surface area contributed by atoms with E-state index in [2.05, 4.69) is 5.32 Å². The lowest BCUT2D eigenvalue weighted by Gasteiger charge is -2.45. The molecule has 0 saturated carbocycles. The summed E-state index contributed by atoms with van der Waals surface area (Å²) in [6.45, 7) is 18.2. The van der Waals surface area contributed by atoms with E-state index in [0.29, 0.717) is 12.8 Å². The Bertz CT molecular complexity index is 570. The third-order valence-electron chi connectivity index (χ3n) is 3.59. The fraction of sp³-hybridized carbons (Fsp3) is 0.850. The zero-order valence-electron chi connectivity index (χ0n) is 19.1. The lowest BCUT2D eigenvalue weighted by Crippen LogP contribution is -2.63. The van der Waals surface area contributed by atoms with Crippen LogP contribution in [-0.4, -0.2) is 57.0 Å². The molecule has 0 radical (unpaired) electrons. The topological polar surface area (TPSA) is 105 Å². The molecule has 1 fully saturated rings. The summed E-state index contributed by atoms with van der Waals surface area (Å²) in [4.78, 5) is 35.3. The van der Waals surface area contributed by atoms with E-state index in [1.165, 1.54) is 4.90 Å². The molecule has 8 heteroatoms. The molecule has 1 aliphatic rings. The molecule has 0 aromatic rings. The van der Waals surface area contributed by atoms with Crippen molar-refractivity contribution in [3.63, 3.8) is 0 Å². The Balaban J connectivity index is 0.000000521. The minimum absolute atomic E-state index is 0.0444. The van der Waals surface area contributed by atoms with Crippen LogP contribution in [0.4, 0.5) is 9.59 Å². The van der Waals surface area contributed by atoms with Crippen LogP contribution in [0.2, 0.25) is 0 Å². The van der Waals surface area contributed by atoms with Gasteiger partial charge in [0.25, 0.3) is 0 Å². The Hall–Kier alpha value is -1.83. The summed E-state index contributed by atoms with van der Waals surface area (Å²) < 4.78 is 10.2. The Labute approximate surface area is 168 Å². The van der Waals surface area contributed by atoms with Gasteiger partial charge in [0.05, 0.1) is 12.0 Å². The van der Waals surface area contributed by atoms with Crippen molar-refractivity contribution >= 4 is 18.1 Å². The van der Waals surface area contributed by atoms with E-state index in [0.717, 1.165) is 0 Å². The largest absolute Gasteiger partial charge is 0.444 e. The van der Waals surface area contributed by atoms with Crippen LogP contribution < -0.4 is 5.32 Å². The smallest absolute Gasteiger partial charge is 0.417 e.